The van der Waals surface area contributed by atoms with Gasteiger partial charge in [0.05, 0.1) is 37.5 Å². The Bertz CT molecular complexity index is 1500. The van der Waals surface area contributed by atoms with Crippen molar-refractivity contribution in [3.63, 3.8) is 0 Å². The summed E-state index contributed by atoms with van der Waals surface area (Å²) < 4.78 is 18.1. The molecular weight excluding hydrogens is 590 g/mol. The van der Waals surface area contributed by atoms with Crippen LogP contribution in [-0.2, 0) is 37.0 Å². The molecule has 0 bridgehead atoms. The van der Waals surface area contributed by atoms with Crippen LogP contribution >= 0.6 is 0 Å². The predicted octanol–water partition coefficient (Wildman–Crippen LogP) is 3.74. The molecule has 0 saturated carbocycles. The second-order valence-electron chi connectivity index (χ2n) is 11.9. The molecule has 11 nitrogen and oxygen atoms in total. The van der Waals surface area contributed by atoms with Gasteiger partial charge in [0.15, 0.2) is 6.29 Å². The first kappa shape index (κ1) is 31.8. The molecule has 242 valence electrons. The van der Waals surface area contributed by atoms with Crippen molar-refractivity contribution in [2.75, 3.05) is 24.6 Å². The maximum absolute atomic E-state index is 13.2. The quantitative estimate of drug-likeness (QED) is 0.287. The van der Waals surface area contributed by atoms with Gasteiger partial charge in [-0.3, -0.25) is 14.5 Å². The number of likely N-dealkylation sites (tertiary alicyclic amines) is 1. The van der Waals surface area contributed by atoms with Crippen molar-refractivity contribution in [2.24, 2.45) is 0 Å². The van der Waals surface area contributed by atoms with Crippen molar-refractivity contribution in [3.05, 3.63) is 101 Å². The maximum Gasteiger partial charge on any atom is 0.408 e. The van der Waals surface area contributed by atoms with Crippen LogP contribution in [0.4, 0.5) is 10.5 Å². The van der Waals surface area contributed by atoms with Gasteiger partial charge >= 0.3 is 6.09 Å². The van der Waals surface area contributed by atoms with Crippen molar-refractivity contribution >= 4 is 23.6 Å². The number of ether oxygens (including phenoxy) is 3. The molecule has 3 fully saturated rings. The molecule has 0 spiro atoms. The Balaban J connectivity index is 1.13. The van der Waals surface area contributed by atoms with E-state index in [2.05, 4.69) is 10.2 Å². The van der Waals surface area contributed by atoms with Gasteiger partial charge in [0.2, 0.25) is 5.91 Å². The fourth-order valence-corrected chi connectivity index (χ4v) is 6.34. The number of nitrogens with one attached hydrogen (secondary N) is 1. The van der Waals surface area contributed by atoms with E-state index in [9.17, 15) is 24.6 Å². The summed E-state index contributed by atoms with van der Waals surface area (Å²) in [4.78, 5) is 41.7. The zero-order valence-corrected chi connectivity index (χ0v) is 25.5. The number of imide groups is 1. The highest BCUT2D eigenvalue weighted by Gasteiger charge is 2.41. The molecule has 3 N–H and O–H groups in total. The largest absolute Gasteiger partial charge is 0.445 e. The Morgan fingerprint density at radius 1 is 0.913 bits per heavy atom. The summed E-state index contributed by atoms with van der Waals surface area (Å²) in [6.45, 7) is 1.68. The number of aliphatic hydroxyl groups excluding tert-OH is 2. The molecule has 0 radical (unpaired) electrons. The Kier molecular flexibility index (Phi) is 10.1. The summed E-state index contributed by atoms with van der Waals surface area (Å²) in [5.41, 5.74) is 3.70. The minimum Gasteiger partial charge on any atom is -0.445 e. The number of aliphatic hydroxyl groups is 2. The average Bonchev–Trinajstić information content (AvgIpc) is 3.66. The van der Waals surface area contributed by atoms with E-state index in [-0.39, 0.29) is 44.5 Å². The summed E-state index contributed by atoms with van der Waals surface area (Å²) in [7, 11) is 0. The average molecular weight is 630 g/mol. The van der Waals surface area contributed by atoms with Gasteiger partial charge in [0.25, 0.3) is 5.91 Å². The maximum atomic E-state index is 13.2. The van der Waals surface area contributed by atoms with E-state index in [1.54, 1.807) is 24.3 Å². The summed E-state index contributed by atoms with van der Waals surface area (Å²) in [5, 5.41) is 21.8. The molecule has 0 aromatic heterocycles. The van der Waals surface area contributed by atoms with Gasteiger partial charge in [-0.05, 0) is 48.2 Å². The highest BCUT2D eigenvalue weighted by Crippen LogP contribution is 2.39. The topological polar surface area (TPSA) is 138 Å². The Labute approximate surface area is 267 Å². The number of alkyl carbamates (subject to hydrolysis) is 1. The third kappa shape index (κ3) is 7.30. The van der Waals surface area contributed by atoms with E-state index in [4.69, 9.17) is 14.2 Å². The van der Waals surface area contributed by atoms with E-state index in [1.807, 2.05) is 54.6 Å². The van der Waals surface area contributed by atoms with Crippen LogP contribution in [0.3, 0.4) is 0 Å². The van der Waals surface area contributed by atoms with E-state index >= 15 is 0 Å². The number of benzene rings is 3. The van der Waals surface area contributed by atoms with E-state index in [1.165, 1.54) is 0 Å². The second kappa shape index (κ2) is 14.5. The van der Waals surface area contributed by atoms with Gasteiger partial charge in [-0.1, -0.05) is 66.7 Å². The molecule has 5 atom stereocenters. The number of carbonyl (C=O) groups excluding carboxylic acids is 3. The molecule has 0 aliphatic carbocycles. The fourth-order valence-electron chi connectivity index (χ4n) is 6.34. The molecule has 3 aromatic rings. The zero-order valence-electron chi connectivity index (χ0n) is 25.5. The molecule has 3 aliphatic heterocycles. The van der Waals surface area contributed by atoms with Crippen LogP contribution < -0.4 is 10.2 Å². The highest BCUT2D eigenvalue weighted by atomic mass is 16.7. The number of nitrogens with zero attached hydrogens (tertiary/aromatic N) is 2. The Hall–Kier alpha value is -4.13. The lowest BCUT2D eigenvalue weighted by Crippen LogP contribution is -2.42. The summed E-state index contributed by atoms with van der Waals surface area (Å²) in [6, 6.07) is 22.8. The number of rotatable bonds is 10. The van der Waals surface area contributed by atoms with Crippen molar-refractivity contribution in [2.45, 2.75) is 69.5 Å². The third-order valence-electron chi connectivity index (χ3n) is 8.84. The fraction of sp³-hybridized carbons (Fsp3) is 0.400. The summed E-state index contributed by atoms with van der Waals surface area (Å²) in [6.07, 6.45) is 0.545. The van der Waals surface area contributed by atoms with Gasteiger partial charge < -0.3 is 29.7 Å². The minimum absolute atomic E-state index is 0.0405. The van der Waals surface area contributed by atoms with Gasteiger partial charge in [0.1, 0.15) is 12.6 Å². The van der Waals surface area contributed by atoms with E-state index < -0.39 is 30.2 Å². The smallest absolute Gasteiger partial charge is 0.408 e. The Morgan fingerprint density at radius 2 is 1.65 bits per heavy atom. The molecule has 3 amide bonds. The number of amides is 3. The first-order valence-corrected chi connectivity index (χ1v) is 15.7. The van der Waals surface area contributed by atoms with Gasteiger partial charge in [0, 0.05) is 24.6 Å². The van der Waals surface area contributed by atoms with Gasteiger partial charge in [-0.25, -0.2) is 9.69 Å². The number of carbonyl (C=O) groups is 3. The Morgan fingerprint density at radius 3 is 2.37 bits per heavy atom. The van der Waals surface area contributed by atoms with Crippen LogP contribution in [-0.4, -0.2) is 70.9 Å². The first-order valence-electron chi connectivity index (χ1n) is 15.7. The molecule has 6 rings (SSSR count). The third-order valence-corrected chi connectivity index (χ3v) is 8.84. The van der Waals surface area contributed by atoms with Crippen LogP contribution in [0.2, 0.25) is 0 Å². The second-order valence-corrected chi connectivity index (χ2v) is 11.9. The molecule has 11 heteroatoms. The molecule has 3 aliphatic rings. The van der Waals surface area contributed by atoms with Gasteiger partial charge in [-0.2, -0.15) is 0 Å². The molecule has 3 aromatic carbocycles. The predicted molar refractivity (Wildman–Crippen MR) is 167 cm³/mol. The van der Waals surface area contributed by atoms with Crippen LogP contribution in [0, 0.1) is 0 Å². The summed E-state index contributed by atoms with van der Waals surface area (Å²) in [5.74, 6) is -0.957. The standard InChI is InChI=1S/C35H39N3O8/c39-20-23-8-10-25(11-9-23)31-17-29(19-37-16-4-7-28(37)21-40)45-34(46-31)26-12-14-27(15-13-26)38-32(41)18-30(33(38)42)36-35(43)44-22-24-5-2-1-3-6-24/h1-3,5-6,8-15,28-31,34,39-40H,4,7,16-22H2,(H,36,43)/t28-,29+,30?,31-,34-/m0/s1. The molecule has 1 unspecified atom stereocenters. The van der Waals surface area contributed by atoms with E-state index in [0.717, 1.165) is 46.5 Å². The van der Waals surface area contributed by atoms with Crippen molar-refractivity contribution in [1.29, 1.82) is 0 Å². The van der Waals surface area contributed by atoms with Crippen molar-refractivity contribution in [3.8, 4) is 0 Å². The molecular formula is C35H39N3O8. The lowest BCUT2D eigenvalue weighted by Gasteiger charge is -2.38. The van der Waals surface area contributed by atoms with Crippen LogP contribution in [0.15, 0.2) is 78.9 Å². The van der Waals surface area contributed by atoms with Crippen LogP contribution in [0.25, 0.3) is 0 Å². The molecule has 3 saturated heterocycles. The number of hydrogen-bond donors (Lipinski definition) is 3. The molecule has 46 heavy (non-hydrogen) atoms. The summed E-state index contributed by atoms with van der Waals surface area (Å²) >= 11 is 0. The van der Waals surface area contributed by atoms with Crippen molar-refractivity contribution in [1.82, 2.24) is 10.2 Å². The van der Waals surface area contributed by atoms with Gasteiger partial charge in [-0.15, -0.1) is 0 Å². The lowest BCUT2D eigenvalue weighted by atomic mass is 9.99. The van der Waals surface area contributed by atoms with E-state index in [0.29, 0.717) is 18.7 Å². The first-order chi connectivity index (χ1) is 22.4. The highest BCUT2D eigenvalue weighted by molar-refractivity contribution is 6.22. The normalized spacial score (nSPS) is 25.2. The van der Waals surface area contributed by atoms with Crippen LogP contribution in [0.5, 0.6) is 0 Å². The zero-order chi connectivity index (χ0) is 32.0. The minimum atomic E-state index is -1.02. The molecule has 3 heterocycles. The number of hydrogen-bond acceptors (Lipinski definition) is 9. The lowest BCUT2D eigenvalue weighted by molar-refractivity contribution is -0.253. The monoisotopic (exact) mass is 629 g/mol. The van der Waals surface area contributed by atoms with Crippen molar-refractivity contribution < 1.29 is 38.8 Å². The number of anilines is 1. The van der Waals surface area contributed by atoms with Crippen LogP contribution in [0.1, 0.15) is 60.3 Å². The SMILES string of the molecule is O=C(NC1CC(=O)N(c2ccc([C@H]3O[C@@H](CN4CCC[C@H]4CO)C[C@@H](c4ccc(CO)cc4)O3)cc2)C1=O)OCc1ccccc1.